The molecule has 0 spiro atoms. The molecular weight excluding hydrogens is 1170 g/mol. The maximum atomic E-state index is 5.64. The van der Waals surface area contributed by atoms with Crippen molar-refractivity contribution in [2.75, 3.05) is 9.80 Å². The second-order valence-corrected chi connectivity index (χ2v) is 27.3. The Labute approximate surface area is 560 Å². The summed E-state index contributed by atoms with van der Waals surface area (Å²) in [6, 6.07) is 107. The second-order valence-electron chi connectivity index (χ2n) is 27.3. The molecule has 458 valence electrons. The molecule has 0 unspecified atom stereocenters. The van der Waals surface area contributed by atoms with Crippen LogP contribution in [0.4, 0.5) is 34.1 Å². The number of hydrogen-bond donors (Lipinski definition) is 0. The molecule has 2 aliphatic rings. The van der Waals surface area contributed by atoms with Crippen LogP contribution in [0.1, 0.15) is 52.7 Å². The predicted octanol–water partition coefficient (Wildman–Crippen LogP) is 20.1. The van der Waals surface area contributed by atoms with Gasteiger partial charge in [-0.1, -0.05) is 248 Å². The number of benzene rings is 12. The van der Waals surface area contributed by atoms with Gasteiger partial charge in [-0.2, -0.15) is 0 Å². The minimum absolute atomic E-state index is 0.00824. The van der Waals surface area contributed by atoms with E-state index in [1.165, 1.54) is 49.7 Å². The molecule has 0 fully saturated rings. The summed E-state index contributed by atoms with van der Waals surface area (Å²) in [6.07, 6.45) is 0. The lowest BCUT2D eigenvalue weighted by atomic mass is 9.33. The van der Waals surface area contributed by atoms with Crippen LogP contribution in [0, 0.1) is 0 Å². The van der Waals surface area contributed by atoms with Gasteiger partial charge in [-0.05, 0) is 140 Å². The zero-order chi connectivity index (χ0) is 64.8. The number of nitrogens with zero attached hydrogens (tertiary/aromatic N) is 8. The summed E-state index contributed by atoms with van der Waals surface area (Å²) in [5.74, 6) is 2.28. The van der Waals surface area contributed by atoms with Crippen molar-refractivity contribution in [1.29, 1.82) is 0 Å². The fourth-order valence-corrected chi connectivity index (χ4v) is 14.3. The largest absolute Gasteiger partial charge is 0.311 e. The zero-order valence-corrected chi connectivity index (χ0v) is 54.4. The molecule has 17 rings (SSSR count). The minimum Gasteiger partial charge on any atom is -0.311 e. The first-order chi connectivity index (χ1) is 46.9. The van der Waals surface area contributed by atoms with Gasteiger partial charge in [0.1, 0.15) is 0 Å². The molecule has 9 heteroatoms. The quantitative estimate of drug-likeness (QED) is 0.126. The van der Waals surface area contributed by atoms with E-state index in [0.29, 0.717) is 23.3 Å². The summed E-state index contributed by atoms with van der Waals surface area (Å²) in [7, 11) is 0. The van der Waals surface area contributed by atoms with E-state index >= 15 is 0 Å². The summed E-state index contributed by atoms with van der Waals surface area (Å²) < 4.78 is 2.41. The van der Waals surface area contributed by atoms with Crippen LogP contribution in [0.5, 0.6) is 0 Å². The van der Waals surface area contributed by atoms with E-state index in [1.807, 2.05) is 42.5 Å². The van der Waals surface area contributed by atoms with Crippen molar-refractivity contribution in [3.05, 3.63) is 308 Å². The Morgan fingerprint density at radius 1 is 0.281 bits per heavy atom. The lowest BCUT2D eigenvalue weighted by Gasteiger charge is -2.44. The molecule has 12 aromatic carbocycles. The zero-order valence-electron chi connectivity index (χ0n) is 54.4. The van der Waals surface area contributed by atoms with E-state index in [-0.39, 0.29) is 17.5 Å². The standard InChI is InChI=1S/C87H67BN8/c1-86(2,3)63-45-48-74-67(53-63)68-54-64(87(4,5)6)46-49-75(68)96(74)76-47-44-61(73-55-72(57-26-12-7-13-27-57)89-82(90-73)58-28-14-8-15-29-58)50-69(76)85-92-83(59-30-16-9-17-31-59)91-84(93-85)60-42-40-56(41-43-60)62-51-79-81-80(52-62)95(66-34-20-11-21-35-66)78-39-25-23-37-71(78)88(81)70-36-22-24-38-77(70)94(79)65-32-18-10-19-33-65/h7-55H,1-6H3. The number of hydrogen-bond acceptors (Lipinski definition) is 7. The first-order valence-electron chi connectivity index (χ1n) is 33.1. The smallest absolute Gasteiger partial charge is 0.252 e. The molecule has 3 aromatic heterocycles. The monoisotopic (exact) mass is 1230 g/mol. The molecular formula is C87H67BN8. The maximum Gasteiger partial charge on any atom is 0.252 e. The van der Waals surface area contributed by atoms with Crippen LogP contribution in [0.15, 0.2) is 297 Å². The first-order valence-corrected chi connectivity index (χ1v) is 33.1. The van der Waals surface area contributed by atoms with Crippen molar-refractivity contribution in [1.82, 2.24) is 29.5 Å². The van der Waals surface area contributed by atoms with Gasteiger partial charge < -0.3 is 14.4 Å². The summed E-state index contributed by atoms with van der Waals surface area (Å²) in [4.78, 5) is 32.1. The molecule has 2 aliphatic heterocycles. The van der Waals surface area contributed by atoms with Crippen molar-refractivity contribution in [3.8, 4) is 84.9 Å². The highest BCUT2D eigenvalue weighted by Crippen LogP contribution is 2.47. The highest BCUT2D eigenvalue weighted by Gasteiger charge is 2.43. The molecule has 0 saturated heterocycles. The minimum atomic E-state index is -0.0772. The van der Waals surface area contributed by atoms with Crippen LogP contribution in [-0.2, 0) is 10.8 Å². The van der Waals surface area contributed by atoms with Crippen LogP contribution in [-0.4, -0.2) is 36.2 Å². The van der Waals surface area contributed by atoms with Crippen molar-refractivity contribution < 1.29 is 0 Å². The van der Waals surface area contributed by atoms with Crippen LogP contribution in [0.2, 0.25) is 0 Å². The Morgan fingerprint density at radius 2 is 0.677 bits per heavy atom. The first kappa shape index (κ1) is 58.0. The fourth-order valence-electron chi connectivity index (χ4n) is 14.3. The van der Waals surface area contributed by atoms with Gasteiger partial charge in [0.2, 0.25) is 0 Å². The van der Waals surface area contributed by atoms with Gasteiger partial charge in [-0.15, -0.1) is 0 Å². The lowest BCUT2D eigenvalue weighted by Crippen LogP contribution is -2.61. The number of aromatic nitrogens is 6. The Morgan fingerprint density at radius 3 is 1.17 bits per heavy atom. The average molecular weight is 1240 g/mol. The van der Waals surface area contributed by atoms with Gasteiger partial charge in [0.25, 0.3) is 6.71 Å². The molecule has 0 amide bonds. The number of para-hydroxylation sites is 4. The van der Waals surface area contributed by atoms with Crippen LogP contribution < -0.4 is 26.2 Å². The third-order valence-electron chi connectivity index (χ3n) is 19.2. The Bertz CT molecular complexity index is 5250. The summed E-state index contributed by atoms with van der Waals surface area (Å²) >= 11 is 0. The predicted molar refractivity (Wildman–Crippen MR) is 399 cm³/mol. The topological polar surface area (TPSA) is 75.9 Å². The normalized spacial score (nSPS) is 12.6. The molecule has 0 aliphatic carbocycles. The number of rotatable bonds is 10. The van der Waals surface area contributed by atoms with Gasteiger partial charge in [0, 0.05) is 78.3 Å². The number of fused-ring (bicyclic) bond motifs is 7. The van der Waals surface area contributed by atoms with Crippen LogP contribution in [0.3, 0.4) is 0 Å². The van der Waals surface area contributed by atoms with Crippen LogP contribution >= 0.6 is 0 Å². The Balaban J connectivity index is 0.876. The fraction of sp³-hybridized carbons (Fsp3) is 0.0920. The summed E-state index contributed by atoms with van der Waals surface area (Å²) in [6.45, 7) is 13.7. The SMILES string of the molecule is CC(C)(C)c1ccc2c(c1)c1cc(C(C)(C)C)ccc1n2-c1ccc(-c2cc(-c3ccccc3)nc(-c3ccccc3)n2)cc1-c1nc(-c2ccccc2)nc(-c2ccc(-c3cc4c5c(c3)N(c3ccccc3)c3ccccc3B5c3ccccc3N4c3ccccc3)cc2)n1. The molecule has 5 heterocycles. The van der Waals surface area contributed by atoms with Crippen molar-refractivity contribution in [2.45, 2.75) is 52.4 Å². The van der Waals surface area contributed by atoms with Crippen molar-refractivity contribution in [2.24, 2.45) is 0 Å². The molecule has 0 atom stereocenters. The molecule has 0 bridgehead atoms. The van der Waals surface area contributed by atoms with Crippen molar-refractivity contribution in [3.63, 3.8) is 0 Å². The number of anilines is 6. The van der Waals surface area contributed by atoms with E-state index in [2.05, 4.69) is 311 Å². The van der Waals surface area contributed by atoms with E-state index in [0.717, 1.165) is 95.4 Å². The van der Waals surface area contributed by atoms with E-state index in [9.17, 15) is 0 Å². The maximum absolute atomic E-state index is 5.64. The average Bonchev–Trinajstić information content (AvgIpc) is 0.829. The summed E-state index contributed by atoms with van der Waals surface area (Å²) in [5, 5.41) is 2.38. The Hall–Kier alpha value is -11.8. The summed E-state index contributed by atoms with van der Waals surface area (Å²) in [5.41, 5.74) is 25.3. The third-order valence-corrected chi connectivity index (χ3v) is 19.2. The van der Waals surface area contributed by atoms with Gasteiger partial charge in [-0.25, -0.2) is 24.9 Å². The lowest BCUT2D eigenvalue weighted by molar-refractivity contribution is 0.590. The second kappa shape index (κ2) is 23.0. The van der Waals surface area contributed by atoms with Gasteiger partial charge in [0.15, 0.2) is 23.3 Å². The molecule has 8 nitrogen and oxygen atoms in total. The van der Waals surface area contributed by atoms with Gasteiger partial charge in [-0.3, -0.25) is 0 Å². The van der Waals surface area contributed by atoms with Crippen LogP contribution in [0.25, 0.3) is 107 Å². The molecule has 0 N–H and O–H groups in total. The molecule has 15 aromatic rings. The van der Waals surface area contributed by atoms with Crippen molar-refractivity contribution >= 4 is 79.0 Å². The highest BCUT2D eigenvalue weighted by molar-refractivity contribution is 7.00. The molecule has 0 saturated carbocycles. The molecule has 96 heavy (non-hydrogen) atoms. The van der Waals surface area contributed by atoms with Gasteiger partial charge >= 0.3 is 0 Å². The Kier molecular flexibility index (Phi) is 13.9. The van der Waals surface area contributed by atoms with E-state index in [1.54, 1.807) is 0 Å². The molecule has 0 radical (unpaired) electrons. The van der Waals surface area contributed by atoms with Gasteiger partial charge in [0.05, 0.1) is 28.1 Å². The van der Waals surface area contributed by atoms with E-state index in [4.69, 9.17) is 24.9 Å². The third kappa shape index (κ3) is 10.1. The highest BCUT2D eigenvalue weighted by atomic mass is 15.2. The van der Waals surface area contributed by atoms with E-state index < -0.39 is 0 Å².